The molecule has 17 heavy (non-hydrogen) atoms. The summed E-state index contributed by atoms with van der Waals surface area (Å²) in [5, 5.41) is 0. The van der Waals surface area contributed by atoms with Crippen LogP contribution in [-0.2, 0) is 9.53 Å². The Morgan fingerprint density at radius 2 is 2.00 bits per heavy atom. The number of nitrogens with zero attached hydrogens (tertiary/aromatic N) is 2. The molecule has 4 heteroatoms. The SMILES string of the molecule is COCCCN1C(=O)CN(C)c2ccccc21. The number of para-hydroxylation sites is 2. The van der Waals surface area contributed by atoms with E-state index in [2.05, 4.69) is 0 Å². The van der Waals surface area contributed by atoms with Crippen LogP contribution in [0.3, 0.4) is 0 Å². The van der Waals surface area contributed by atoms with Gasteiger partial charge in [-0.05, 0) is 18.6 Å². The molecule has 0 bridgehead atoms. The van der Waals surface area contributed by atoms with Gasteiger partial charge in [-0.2, -0.15) is 0 Å². The van der Waals surface area contributed by atoms with Crippen LogP contribution in [-0.4, -0.2) is 39.8 Å². The maximum Gasteiger partial charge on any atom is 0.246 e. The fraction of sp³-hybridized carbons (Fsp3) is 0.462. The van der Waals surface area contributed by atoms with Crippen LogP contribution in [0.2, 0.25) is 0 Å². The Hall–Kier alpha value is -1.55. The number of carbonyl (C=O) groups excluding carboxylic acids is 1. The zero-order chi connectivity index (χ0) is 12.3. The second kappa shape index (κ2) is 5.19. The molecular formula is C13H18N2O2. The molecule has 1 aromatic carbocycles. The van der Waals surface area contributed by atoms with Crippen LogP contribution in [0.25, 0.3) is 0 Å². The number of hydrogen-bond acceptors (Lipinski definition) is 3. The van der Waals surface area contributed by atoms with Gasteiger partial charge in [0.05, 0.1) is 17.9 Å². The van der Waals surface area contributed by atoms with Crippen LogP contribution in [0.15, 0.2) is 24.3 Å². The Morgan fingerprint density at radius 3 is 2.71 bits per heavy atom. The molecule has 1 aliphatic rings. The van der Waals surface area contributed by atoms with Crippen molar-refractivity contribution in [2.75, 3.05) is 43.7 Å². The number of fused-ring (bicyclic) bond motifs is 1. The van der Waals surface area contributed by atoms with E-state index >= 15 is 0 Å². The minimum Gasteiger partial charge on any atom is -0.385 e. The lowest BCUT2D eigenvalue weighted by Crippen LogP contribution is -2.44. The number of ether oxygens (including phenoxy) is 1. The van der Waals surface area contributed by atoms with Crippen LogP contribution in [0.5, 0.6) is 0 Å². The molecule has 0 N–H and O–H groups in total. The quantitative estimate of drug-likeness (QED) is 0.740. The van der Waals surface area contributed by atoms with Crippen molar-refractivity contribution in [1.29, 1.82) is 0 Å². The lowest BCUT2D eigenvalue weighted by Gasteiger charge is -2.35. The Balaban J connectivity index is 2.20. The number of methoxy groups -OCH3 is 1. The molecule has 1 aliphatic heterocycles. The summed E-state index contributed by atoms with van der Waals surface area (Å²) in [7, 11) is 3.63. The summed E-state index contributed by atoms with van der Waals surface area (Å²) in [6.45, 7) is 1.85. The zero-order valence-electron chi connectivity index (χ0n) is 10.3. The molecule has 1 heterocycles. The van der Waals surface area contributed by atoms with Crippen LogP contribution >= 0.6 is 0 Å². The fourth-order valence-electron chi connectivity index (χ4n) is 2.14. The van der Waals surface area contributed by atoms with Gasteiger partial charge in [0.2, 0.25) is 5.91 Å². The van der Waals surface area contributed by atoms with Crippen molar-refractivity contribution >= 4 is 17.3 Å². The Kier molecular flexibility index (Phi) is 3.64. The molecule has 0 saturated carbocycles. The number of hydrogen-bond donors (Lipinski definition) is 0. The van der Waals surface area contributed by atoms with Crippen molar-refractivity contribution in [1.82, 2.24) is 0 Å². The van der Waals surface area contributed by atoms with E-state index < -0.39 is 0 Å². The third kappa shape index (κ3) is 2.42. The lowest BCUT2D eigenvalue weighted by atomic mass is 10.1. The van der Waals surface area contributed by atoms with E-state index in [0.717, 1.165) is 24.3 Å². The molecule has 0 atom stereocenters. The number of amides is 1. The van der Waals surface area contributed by atoms with E-state index in [4.69, 9.17) is 4.74 Å². The predicted octanol–water partition coefficient (Wildman–Crippen LogP) is 1.51. The molecule has 0 radical (unpaired) electrons. The molecular weight excluding hydrogens is 216 g/mol. The molecule has 0 fully saturated rings. The Labute approximate surface area is 102 Å². The lowest BCUT2D eigenvalue weighted by molar-refractivity contribution is -0.117. The van der Waals surface area contributed by atoms with E-state index in [0.29, 0.717) is 13.2 Å². The summed E-state index contributed by atoms with van der Waals surface area (Å²) in [5.74, 6) is 0.155. The highest BCUT2D eigenvalue weighted by Gasteiger charge is 2.26. The molecule has 0 aromatic heterocycles. The van der Waals surface area contributed by atoms with Gasteiger partial charge in [-0.3, -0.25) is 4.79 Å². The van der Waals surface area contributed by atoms with Gasteiger partial charge in [0.1, 0.15) is 0 Å². The summed E-state index contributed by atoms with van der Waals surface area (Å²) in [4.78, 5) is 15.9. The number of benzene rings is 1. The zero-order valence-corrected chi connectivity index (χ0v) is 10.3. The summed E-state index contributed by atoms with van der Waals surface area (Å²) in [6.07, 6.45) is 0.861. The molecule has 0 saturated heterocycles. The van der Waals surface area contributed by atoms with E-state index in [1.807, 2.05) is 41.1 Å². The van der Waals surface area contributed by atoms with Gasteiger partial charge in [0, 0.05) is 27.3 Å². The normalized spacial score (nSPS) is 15.1. The molecule has 0 spiro atoms. The van der Waals surface area contributed by atoms with Gasteiger partial charge in [0.15, 0.2) is 0 Å². The number of carbonyl (C=O) groups is 1. The van der Waals surface area contributed by atoms with Crippen LogP contribution in [0.4, 0.5) is 11.4 Å². The first kappa shape index (κ1) is 11.9. The van der Waals surface area contributed by atoms with Crippen molar-refractivity contribution in [3.8, 4) is 0 Å². The topological polar surface area (TPSA) is 32.8 Å². The first-order valence-corrected chi connectivity index (χ1v) is 5.83. The molecule has 0 unspecified atom stereocenters. The highest BCUT2D eigenvalue weighted by molar-refractivity contribution is 6.03. The van der Waals surface area contributed by atoms with Crippen LogP contribution in [0, 0.1) is 0 Å². The van der Waals surface area contributed by atoms with Crippen molar-refractivity contribution in [3.63, 3.8) is 0 Å². The summed E-state index contributed by atoms with van der Waals surface area (Å²) >= 11 is 0. The average Bonchev–Trinajstić information content (AvgIpc) is 2.33. The molecule has 0 aliphatic carbocycles. The smallest absolute Gasteiger partial charge is 0.246 e. The van der Waals surface area contributed by atoms with Crippen LogP contribution in [0.1, 0.15) is 6.42 Å². The maximum absolute atomic E-state index is 12.0. The van der Waals surface area contributed by atoms with E-state index in [1.54, 1.807) is 7.11 Å². The van der Waals surface area contributed by atoms with Crippen molar-refractivity contribution in [3.05, 3.63) is 24.3 Å². The first-order chi connectivity index (χ1) is 8.24. The predicted molar refractivity (Wildman–Crippen MR) is 68.6 cm³/mol. The van der Waals surface area contributed by atoms with E-state index in [1.165, 1.54) is 0 Å². The second-order valence-electron chi connectivity index (χ2n) is 4.24. The highest BCUT2D eigenvalue weighted by atomic mass is 16.5. The standard InChI is InChI=1S/C13H18N2O2/c1-14-10-13(16)15(8-5-9-17-2)12-7-4-3-6-11(12)14/h3-4,6-7H,5,8-10H2,1-2H3. The largest absolute Gasteiger partial charge is 0.385 e. The number of anilines is 2. The third-order valence-electron chi connectivity index (χ3n) is 2.99. The van der Waals surface area contributed by atoms with Gasteiger partial charge >= 0.3 is 0 Å². The number of rotatable bonds is 4. The van der Waals surface area contributed by atoms with Crippen LogP contribution < -0.4 is 9.80 Å². The maximum atomic E-state index is 12.0. The third-order valence-corrected chi connectivity index (χ3v) is 2.99. The minimum absolute atomic E-state index is 0.155. The van der Waals surface area contributed by atoms with E-state index in [9.17, 15) is 4.79 Å². The summed E-state index contributed by atoms with van der Waals surface area (Å²) in [6, 6.07) is 8.01. The van der Waals surface area contributed by atoms with E-state index in [-0.39, 0.29) is 5.91 Å². The second-order valence-corrected chi connectivity index (χ2v) is 4.24. The van der Waals surface area contributed by atoms with Crippen molar-refractivity contribution in [2.24, 2.45) is 0 Å². The monoisotopic (exact) mass is 234 g/mol. The Bertz CT molecular complexity index is 406. The number of likely N-dealkylation sites (N-methyl/N-ethyl adjacent to an activating group) is 1. The van der Waals surface area contributed by atoms with Crippen molar-refractivity contribution in [2.45, 2.75) is 6.42 Å². The van der Waals surface area contributed by atoms with Crippen molar-refractivity contribution < 1.29 is 9.53 Å². The first-order valence-electron chi connectivity index (χ1n) is 5.83. The molecule has 2 rings (SSSR count). The van der Waals surface area contributed by atoms with Gasteiger partial charge in [0.25, 0.3) is 0 Å². The van der Waals surface area contributed by atoms with Gasteiger partial charge in [-0.1, -0.05) is 12.1 Å². The Morgan fingerprint density at radius 1 is 1.29 bits per heavy atom. The molecule has 1 amide bonds. The van der Waals surface area contributed by atoms with Gasteiger partial charge in [-0.15, -0.1) is 0 Å². The minimum atomic E-state index is 0.155. The van der Waals surface area contributed by atoms with Gasteiger partial charge in [-0.25, -0.2) is 0 Å². The summed E-state index contributed by atoms with van der Waals surface area (Å²) in [5.41, 5.74) is 2.12. The molecule has 1 aromatic rings. The molecule has 4 nitrogen and oxygen atoms in total. The fourth-order valence-corrected chi connectivity index (χ4v) is 2.14. The average molecular weight is 234 g/mol. The van der Waals surface area contributed by atoms with Gasteiger partial charge < -0.3 is 14.5 Å². The highest BCUT2D eigenvalue weighted by Crippen LogP contribution is 2.32. The summed E-state index contributed by atoms with van der Waals surface area (Å²) < 4.78 is 5.03. The molecule has 92 valence electrons.